The van der Waals surface area contributed by atoms with Crippen molar-refractivity contribution in [3.8, 4) is 5.75 Å². The Bertz CT molecular complexity index is 699. The van der Waals surface area contributed by atoms with Crippen LogP contribution in [0.2, 0.25) is 0 Å². The molecule has 0 aliphatic carbocycles. The Morgan fingerprint density at radius 3 is 2.00 bits per heavy atom. The fourth-order valence-electron chi connectivity index (χ4n) is 2.22. The monoisotopic (exact) mass is 400 g/mol. The van der Waals surface area contributed by atoms with E-state index >= 15 is 0 Å². The predicted octanol–water partition coefficient (Wildman–Crippen LogP) is 3.91. The zero-order valence-electron chi connectivity index (χ0n) is 16.2. The molecule has 1 aromatic carbocycles. The molecule has 0 fully saturated rings. The molecule has 0 saturated carbocycles. The molecule has 8 nitrogen and oxygen atoms in total. The van der Waals surface area contributed by atoms with Crippen molar-refractivity contribution < 1.29 is 28.5 Å². The van der Waals surface area contributed by atoms with Gasteiger partial charge in [-0.3, -0.25) is 19.4 Å². The fraction of sp³-hybridized carbons (Fsp3) is 0.556. The third-order valence-electron chi connectivity index (χ3n) is 3.68. The molecule has 1 rings (SSSR count). The van der Waals surface area contributed by atoms with Gasteiger partial charge in [-0.25, -0.2) is 4.57 Å². The van der Waals surface area contributed by atoms with E-state index in [1.807, 2.05) is 27.7 Å². The molecule has 0 aliphatic rings. The largest absolute Gasteiger partial charge is 0.524 e. The molecule has 0 unspecified atom stereocenters. The third-order valence-corrected chi connectivity index (χ3v) is 4.11. The Labute approximate surface area is 159 Å². The number of amides is 2. The van der Waals surface area contributed by atoms with Gasteiger partial charge in [0, 0.05) is 12.8 Å². The maximum absolute atomic E-state index is 12.2. The SMILES string of the molecule is CC(C)CCC(=O)Nc1cccc(OP(=O)(O)O)c1NC(=O)CCC(C)C. The number of anilines is 2. The highest BCUT2D eigenvalue weighted by molar-refractivity contribution is 7.46. The highest BCUT2D eigenvalue weighted by atomic mass is 31.2. The van der Waals surface area contributed by atoms with Crippen molar-refractivity contribution in [2.45, 2.75) is 53.4 Å². The summed E-state index contributed by atoms with van der Waals surface area (Å²) in [7, 11) is -4.83. The summed E-state index contributed by atoms with van der Waals surface area (Å²) in [5.41, 5.74) is 0.264. The van der Waals surface area contributed by atoms with Crippen LogP contribution in [-0.4, -0.2) is 21.6 Å². The minimum absolute atomic E-state index is 0.0347. The summed E-state index contributed by atoms with van der Waals surface area (Å²) in [6, 6.07) is 4.34. The lowest BCUT2D eigenvalue weighted by Gasteiger charge is -2.17. The Hall–Kier alpha value is -1.89. The molecule has 0 atom stereocenters. The molecule has 0 heterocycles. The van der Waals surface area contributed by atoms with Gasteiger partial charge >= 0.3 is 7.82 Å². The van der Waals surface area contributed by atoms with Crippen LogP contribution in [0.5, 0.6) is 5.75 Å². The maximum Gasteiger partial charge on any atom is 0.524 e. The predicted molar refractivity (Wildman–Crippen MR) is 105 cm³/mol. The second-order valence-electron chi connectivity index (χ2n) is 7.22. The number of carbonyl (C=O) groups is 2. The van der Waals surface area contributed by atoms with E-state index < -0.39 is 7.82 Å². The van der Waals surface area contributed by atoms with E-state index in [0.29, 0.717) is 31.1 Å². The summed E-state index contributed by atoms with van der Waals surface area (Å²) < 4.78 is 15.9. The summed E-state index contributed by atoms with van der Waals surface area (Å²) in [6.07, 6.45) is 1.88. The first-order valence-electron chi connectivity index (χ1n) is 8.95. The molecule has 0 spiro atoms. The number of rotatable bonds is 10. The van der Waals surface area contributed by atoms with Gasteiger partial charge in [0.05, 0.1) is 5.69 Å². The summed E-state index contributed by atoms with van der Waals surface area (Å²) in [5, 5.41) is 5.28. The number of phosphoric ester groups is 1. The standard InChI is InChI=1S/C18H29N2O6P/c1-12(2)8-10-16(21)19-14-6-5-7-15(26-27(23,24)25)18(14)20-17(22)11-9-13(3)4/h5-7,12-13H,8-11H2,1-4H3,(H,19,21)(H,20,22)(H2,23,24,25). The molecule has 0 saturated heterocycles. The van der Waals surface area contributed by atoms with Crippen LogP contribution in [0.25, 0.3) is 0 Å². The quantitative estimate of drug-likeness (QED) is 0.441. The van der Waals surface area contributed by atoms with Crippen LogP contribution in [0, 0.1) is 11.8 Å². The summed E-state index contributed by atoms with van der Waals surface area (Å²) in [5.74, 6) is -0.108. The molecular weight excluding hydrogens is 371 g/mol. The van der Waals surface area contributed by atoms with Crippen molar-refractivity contribution in [3.05, 3.63) is 18.2 Å². The van der Waals surface area contributed by atoms with Gasteiger partial charge in [0.2, 0.25) is 11.8 Å². The van der Waals surface area contributed by atoms with E-state index in [2.05, 4.69) is 15.2 Å². The molecule has 0 bridgehead atoms. The van der Waals surface area contributed by atoms with Gasteiger partial charge in [0.15, 0.2) is 5.75 Å². The molecule has 2 amide bonds. The van der Waals surface area contributed by atoms with Crippen LogP contribution in [-0.2, 0) is 14.2 Å². The molecule has 1 aromatic rings. The van der Waals surface area contributed by atoms with Gasteiger partial charge in [-0.15, -0.1) is 0 Å². The first-order valence-corrected chi connectivity index (χ1v) is 10.5. The van der Waals surface area contributed by atoms with E-state index in [0.717, 1.165) is 0 Å². The number of hydrogen-bond donors (Lipinski definition) is 4. The smallest absolute Gasteiger partial charge is 0.402 e. The Balaban J connectivity index is 3.06. The van der Waals surface area contributed by atoms with Gasteiger partial charge in [-0.05, 0) is 36.8 Å². The number of benzene rings is 1. The zero-order valence-corrected chi connectivity index (χ0v) is 17.1. The van der Waals surface area contributed by atoms with Crippen LogP contribution in [0.15, 0.2) is 18.2 Å². The number of nitrogens with one attached hydrogen (secondary N) is 2. The molecule has 4 N–H and O–H groups in total. The molecular formula is C18H29N2O6P. The van der Waals surface area contributed by atoms with Crippen LogP contribution in [0.4, 0.5) is 11.4 Å². The highest BCUT2D eigenvalue weighted by Gasteiger charge is 2.22. The Morgan fingerprint density at radius 2 is 1.52 bits per heavy atom. The van der Waals surface area contributed by atoms with Crippen LogP contribution in [0.3, 0.4) is 0 Å². The minimum Gasteiger partial charge on any atom is -0.402 e. The normalized spacial score (nSPS) is 11.6. The molecule has 9 heteroatoms. The van der Waals surface area contributed by atoms with Crippen molar-refractivity contribution in [1.29, 1.82) is 0 Å². The average molecular weight is 400 g/mol. The second kappa shape index (κ2) is 10.4. The van der Waals surface area contributed by atoms with Crippen molar-refractivity contribution >= 4 is 31.0 Å². The third kappa shape index (κ3) is 9.56. The zero-order chi connectivity index (χ0) is 20.6. The van der Waals surface area contributed by atoms with Crippen molar-refractivity contribution in [1.82, 2.24) is 0 Å². The summed E-state index contributed by atoms with van der Waals surface area (Å²) in [6.45, 7) is 7.97. The van der Waals surface area contributed by atoms with Gasteiger partial charge in [-0.2, -0.15) is 0 Å². The molecule has 0 radical (unpaired) electrons. The average Bonchev–Trinajstić information content (AvgIpc) is 2.52. The van der Waals surface area contributed by atoms with E-state index in [-0.39, 0.29) is 35.4 Å². The minimum atomic E-state index is -4.83. The van der Waals surface area contributed by atoms with Crippen LogP contribution < -0.4 is 15.2 Å². The Morgan fingerprint density at radius 1 is 1.00 bits per heavy atom. The molecule has 0 aromatic heterocycles. The first-order chi connectivity index (χ1) is 12.5. The fourth-order valence-corrected chi connectivity index (χ4v) is 2.63. The van der Waals surface area contributed by atoms with Gasteiger partial charge in [-0.1, -0.05) is 33.8 Å². The molecule has 27 heavy (non-hydrogen) atoms. The van der Waals surface area contributed by atoms with Gasteiger partial charge in [0.1, 0.15) is 5.69 Å². The van der Waals surface area contributed by atoms with Crippen LogP contribution >= 0.6 is 7.82 Å². The maximum atomic E-state index is 12.2. The lowest BCUT2D eigenvalue weighted by Crippen LogP contribution is -2.17. The second-order valence-corrected chi connectivity index (χ2v) is 8.39. The first kappa shape index (κ1) is 23.1. The Kier molecular flexibility index (Phi) is 8.96. The van der Waals surface area contributed by atoms with E-state index in [1.54, 1.807) is 0 Å². The lowest BCUT2D eigenvalue weighted by molar-refractivity contribution is -0.117. The number of carbonyl (C=O) groups excluding carboxylic acids is 2. The summed E-state index contributed by atoms with van der Waals surface area (Å²) >= 11 is 0. The van der Waals surface area contributed by atoms with E-state index in [1.165, 1.54) is 18.2 Å². The number of phosphoric acid groups is 1. The number of para-hydroxylation sites is 1. The van der Waals surface area contributed by atoms with Crippen LogP contribution in [0.1, 0.15) is 53.4 Å². The molecule has 152 valence electrons. The highest BCUT2D eigenvalue weighted by Crippen LogP contribution is 2.43. The van der Waals surface area contributed by atoms with E-state index in [4.69, 9.17) is 9.79 Å². The van der Waals surface area contributed by atoms with Gasteiger partial charge in [0.25, 0.3) is 0 Å². The van der Waals surface area contributed by atoms with Gasteiger partial charge < -0.3 is 15.2 Å². The topological polar surface area (TPSA) is 125 Å². The van der Waals surface area contributed by atoms with Crippen molar-refractivity contribution in [2.24, 2.45) is 11.8 Å². The van der Waals surface area contributed by atoms with Crippen molar-refractivity contribution in [3.63, 3.8) is 0 Å². The van der Waals surface area contributed by atoms with Crippen molar-refractivity contribution in [2.75, 3.05) is 10.6 Å². The number of hydrogen-bond acceptors (Lipinski definition) is 4. The summed E-state index contributed by atoms with van der Waals surface area (Å²) in [4.78, 5) is 42.6. The van der Waals surface area contributed by atoms with E-state index in [9.17, 15) is 14.2 Å². The lowest BCUT2D eigenvalue weighted by atomic mass is 10.1. The molecule has 0 aliphatic heterocycles.